The number of carbonyl (C=O) groups is 4. The van der Waals surface area contributed by atoms with Crippen molar-refractivity contribution in [2.24, 2.45) is 11.7 Å². The van der Waals surface area contributed by atoms with Gasteiger partial charge in [0.05, 0.1) is 12.6 Å². The molecule has 0 radical (unpaired) electrons. The Bertz CT molecular complexity index is 924. The number of aliphatic carboxylic acids is 1. The predicted molar refractivity (Wildman–Crippen MR) is 146 cm³/mol. The van der Waals surface area contributed by atoms with Crippen molar-refractivity contribution in [3.05, 3.63) is 10.6 Å². The summed E-state index contributed by atoms with van der Waals surface area (Å²) in [7, 11) is 1.66. The highest BCUT2D eigenvalue weighted by Crippen LogP contribution is 2.44. The van der Waals surface area contributed by atoms with Gasteiger partial charge in [-0.05, 0) is 27.3 Å². The van der Waals surface area contributed by atoms with Gasteiger partial charge in [0.25, 0.3) is 0 Å². The predicted octanol–water partition coefficient (Wildman–Crippen LogP) is -1.17. The maximum Gasteiger partial charge on any atom is 0.353 e. The Labute approximate surface area is 229 Å². The van der Waals surface area contributed by atoms with Gasteiger partial charge in [-0.1, -0.05) is 6.92 Å². The van der Waals surface area contributed by atoms with E-state index in [9.17, 15) is 24.3 Å². The summed E-state index contributed by atoms with van der Waals surface area (Å²) in [5, 5.41) is 19.0. The number of nitrogens with two attached hydrogens (primary N) is 1. The highest BCUT2D eigenvalue weighted by molar-refractivity contribution is 8.03. The number of likely N-dealkylation sites (N-methyl/N-ethyl adjacent to an activating group) is 1. The van der Waals surface area contributed by atoms with Gasteiger partial charge in [0.2, 0.25) is 17.7 Å². The molecule has 1 unspecified atom stereocenters. The fourth-order valence-electron chi connectivity index (χ4n) is 5.36. The number of hydrogen-bond donors (Lipinski definition) is 5. The van der Waals surface area contributed by atoms with E-state index < -0.39 is 12.0 Å². The maximum atomic E-state index is 13.2. The molecule has 3 heterocycles. The molecule has 13 heteroatoms. The topological polar surface area (TPSA) is 160 Å². The lowest BCUT2D eigenvalue weighted by Gasteiger charge is -2.35. The minimum Gasteiger partial charge on any atom is -0.477 e. The van der Waals surface area contributed by atoms with E-state index in [1.54, 1.807) is 14.0 Å². The fourth-order valence-corrected chi connectivity index (χ4v) is 6.89. The number of carbonyl (C=O) groups excluding carboxylic acids is 3. The number of amides is 3. The quantitative estimate of drug-likeness (QED) is 0.211. The van der Waals surface area contributed by atoms with Gasteiger partial charge >= 0.3 is 5.97 Å². The number of thioether (sulfide) groups is 1. The van der Waals surface area contributed by atoms with Crippen LogP contribution in [0.4, 0.5) is 0 Å². The normalized spacial score (nSPS) is 27.1. The standard InChI is InChI=1S/C25H43N7O5S/c1-15(29-20(33)14-27-4)11-21(34)32-17(3)16(2)23(22(32)25(36)37)38-18-12-19(28-13-18)24(35)31-9-7-30(6-5-26)8-10-31/h15-19,27-28H,5-14,26H2,1-4H3,(H,29,33)(H,36,37)/t15-,16-,17+,18?,19+/m1/s1. The molecule has 38 heavy (non-hydrogen) atoms. The number of carboxylic acids is 1. The first kappa shape index (κ1) is 30.4. The molecule has 0 saturated carbocycles. The zero-order chi connectivity index (χ0) is 28.0. The van der Waals surface area contributed by atoms with Gasteiger partial charge in [0, 0.05) is 80.4 Å². The molecule has 5 atom stereocenters. The van der Waals surface area contributed by atoms with Crippen LogP contribution in [0.3, 0.4) is 0 Å². The number of nitrogens with zero attached hydrogens (tertiary/aromatic N) is 3. The minimum absolute atomic E-state index is 0.00133. The third-order valence-electron chi connectivity index (χ3n) is 7.53. The van der Waals surface area contributed by atoms with Crippen molar-refractivity contribution < 1.29 is 24.3 Å². The van der Waals surface area contributed by atoms with Crippen molar-refractivity contribution in [3.8, 4) is 0 Å². The van der Waals surface area contributed by atoms with Gasteiger partial charge in [-0.3, -0.25) is 19.3 Å². The van der Waals surface area contributed by atoms with Crippen molar-refractivity contribution in [3.63, 3.8) is 0 Å². The number of nitrogens with one attached hydrogen (secondary N) is 3. The van der Waals surface area contributed by atoms with Crippen LogP contribution < -0.4 is 21.7 Å². The summed E-state index contributed by atoms with van der Waals surface area (Å²) in [6, 6.07) is -1.05. The molecule has 2 fully saturated rings. The number of carboxylic acid groups (broad SMARTS) is 1. The molecule has 3 aliphatic heterocycles. The lowest BCUT2D eigenvalue weighted by Crippen LogP contribution is -2.53. The third kappa shape index (κ3) is 7.26. The molecule has 3 rings (SSSR count). The Kier molecular flexibility index (Phi) is 11.0. The first-order chi connectivity index (χ1) is 18.1. The van der Waals surface area contributed by atoms with Crippen molar-refractivity contribution in [1.29, 1.82) is 0 Å². The van der Waals surface area contributed by atoms with E-state index in [0.717, 1.165) is 19.6 Å². The van der Waals surface area contributed by atoms with Crippen molar-refractivity contribution >= 4 is 35.5 Å². The zero-order valence-electron chi connectivity index (χ0n) is 22.9. The van der Waals surface area contributed by atoms with E-state index >= 15 is 0 Å². The molecular formula is C25H43N7O5S. The summed E-state index contributed by atoms with van der Waals surface area (Å²) in [6.07, 6.45) is 0.605. The van der Waals surface area contributed by atoms with Crippen LogP contribution >= 0.6 is 11.8 Å². The number of hydrogen-bond acceptors (Lipinski definition) is 9. The first-order valence-corrected chi connectivity index (χ1v) is 14.3. The Morgan fingerprint density at radius 3 is 2.47 bits per heavy atom. The van der Waals surface area contributed by atoms with Crippen molar-refractivity contribution in [1.82, 2.24) is 30.7 Å². The van der Waals surface area contributed by atoms with E-state index in [1.807, 2.05) is 18.7 Å². The molecular weight excluding hydrogens is 510 g/mol. The third-order valence-corrected chi connectivity index (χ3v) is 9.04. The second-order valence-corrected chi connectivity index (χ2v) is 11.7. The van der Waals surface area contributed by atoms with Crippen LogP contribution in [0, 0.1) is 5.92 Å². The van der Waals surface area contributed by atoms with E-state index in [4.69, 9.17) is 5.73 Å². The smallest absolute Gasteiger partial charge is 0.353 e. The summed E-state index contributed by atoms with van der Waals surface area (Å²) in [5.74, 6) is -1.77. The second kappa shape index (κ2) is 13.7. The Morgan fingerprint density at radius 2 is 1.87 bits per heavy atom. The molecule has 0 spiro atoms. The summed E-state index contributed by atoms with van der Waals surface area (Å²) in [5.41, 5.74) is 5.66. The monoisotopic (exact) mass is 553 g/mol. The second-order valence-electron chi connectivity index (χ2n) is 10.4. The maximum absolute atomic E-state index is 13.2. The molecule has 0 aliphatic carbocycles. The highest BCUT2D eigenvalue weighted by atomic mass is 32.2. The van der Waals surface area contributed by atoms with Gasteiger partial charge in [0.15, 0.2) is 0 Å². The molecule has 0 aromatic heterocycles. The molecule has 2 saturated heterocycles. The summed E-state index contributed by atoms with van der Waals surface area (Å²) in [4.78, 5) is 56.8. The molecule has 3 amide bonds. The Balaban J connectivity index is 1.63. The molecule has 0 aromatic rings. The average molecular weight is 554 g/mol. The molecule has 214 valence electrons. The van der Waals surface area contributed by atoms with Gasteiger partial charge < -0.3 is 36.6 Å². The van der Waals surface area contributed by atoms with E-state index in [2.05, 4.69) is 20.9 Å². The lowest BCUT2D eigenvalue weighted by molar-refractivity contribution is -0.140. The molecule has 12 nitrogen and oxygen atoms in total. The average Bonchev–Trinajstić information content (AvgIpc) is 3.43. The van der Waals surface area contributed by atoms with Crippen LogP contribution in [0.2, 0.25) is 0 Å². The number of piperazine rings is 1. The molecule has 3 aliphatic rings. The van der Waals surface area contributed by atoms with Crippen LogP contribution in [-0.2, 0) is 19.2 Å². The lowest BCUT2D eigenvalue weighted by atomic mass is 10.1. The Hall–Kier alpha value is -2.19. The summed E-state index contributed by atoms with van der Waals surface area (Å²) >= 11 is 1.47. The van der Waals surface area contributed by atoms with Gasteiger partial charge in [0.1, 0.15) is 5.70 Å². The van der Waals surface area contributed by atoms with Crippen LogP contribution in [0.15, 0.2) is 10.6 Å². The van der Waals surface area contributed by atoms with E-state index in [0.29, 0.717) is 37.5 Å². The van der Waals surface area contributed by atoms with Crippen LogP contribution in [0.5, 0.6) is 0 Å². The van der Waals surface area contributed by atoms with Crippen LogP contribution in [0.25, 0.3) is 0 Å². The van der Waals surface area contributed by atoms with E-state index in [1.165, 1.54) is 16.7 Å². The minimum atomic E-state index is -1.14. The number of rotatable bonds is 11. The molecule has 6 N–H and O–H groups in total. The zero-order valence-corrected chi connectivity index (χ0v) is 23.7. The van der Waals surface area contributed by atoms with Crippen LogP contribution in [-0.4, -0.2) is 126 Å². The van der Waals surface area contributed by atoms with Gasteiger partial charge in [-0.2, -0.15) is 0 Å². The van der Waals surface area contributed by atoms with Gasteiger partial charge in [-0.25, -0.2) is 4.79 Å². The van der Waals surface area contributed by atoms with Crippen molar-refractivity contribution in [2.45, 2.75) is 57.0 Å². The summed E-state index contributed by atoms with van der Waals surface area (Å²) in [6.45, 7) is 10.7. The highest BCUT2D eigenvalue weighted by Gasteiger charge is 2.44. The van der Waals surface area contributed by atoms with Crippen molar-refractivity contribution in [2.75, 3.05) is 59.4 Å². The van der Waals surface area contributed by atoms with E-state index in [-0.39, 0.29) is 59.6 Å². The largest absolute Gasteiger partial charge is 0.477 e. The van der Waals surface area contributed by atoms with Gasteiger partial charge in [-0.15, -0.1) is 11.8 Å². The molecule has 0 bridgehead atoms. The first-order valence-electron chi connectivity index (χ1n) is 13.4. The fraction of sp³-hybridized carbons (Fsp3) is 0.760. The molecule has 0 aromatic carbocycles. The summed E-state index contributed by atoms with van der Waals surface area (Å²) < 4.78 is 0. The SMILES string of the molecule is CNCC(=O)N[C@H](C)CC(=O)N1C(C(=O)O)=C(SC2CN[C@H](C(=O)N3CCN(CCN)CC3)C2)[C@H](C)[C@@H]1C. The Morgan fingerprint density at radius 1 is 1.18 bits per heavy atom. The van der Waals surface area contributed by atoms with Crippen LogP contribution in [0.1, 0.15) is 33.6 Å².